The molecule has 0 saturated carbocycles. The van der Waals surface area contributed by atoms with Crippen LogP contribution in [0.2, 0.25) is 0 Å². The Labute approximate surface area is 66.0 Å². The van der Waals surface area contributed by atoms with E-state index >= 15 is 0 Å². The molecule has 1 atom stereocenters. The van der Waals surface area contributed by atoms with E-state index in [1.54, 1.807) is 18.5 Å². The highest BCUT2D eigenvalue weighted by Crippen LogP contribution is 2.10. The van der Waals surface area contributed by atoms with E-state index in [0.29, 0.717) is 0 Å². The van der Waals surface area contributed by atoms with Crippen LogP contribution in [-0.2, 0) is 0 Å². The summed E-state index contributed by atoms with van der Waals surface area (Å²) in [6, 6.07) is -0.0197. The largest absolute Gasteiger partial charge is 0.324 e. The fourth-order valence-corrected chi connectivity index (χ4v) is 0.818. The molecule has 0 amide bonds. The Hall–Kier alpha value is -1.22. The maximum Gasteiger partial charge on any atom is 0.115 e. The zero-order chi connectivity index (χ0) is 8.10. The predicted molar refractivity (Wildman–Crippen MR) is 43.8 cm³/mol. The number of nitrogens with zero attached hydrogens (tertiary/aromatic N) is 2. The molecule has 0 radical (unpaired) electrons. The van der Waals surface area contributed by atoms with Crippen molar-refractivity contribution in [3.05, 3.63) is 36.9 Å². The number of hydrogen-bond donors (Lipinski definition) is 1. The monoisotopic (exact) mass is 149 g/mol. The topological polar surface area (TPSA) is 51.8 Å². The molecule has 3 heteroatoms. The van der Waals surface area contributed by atoms with E-state index in [0.717, 1.165) is 12.0 Å². The summed E-state index contributed by atoms with van der Waals surface area (Å²) < 4.78 is 0. The summed E-state index contributed by atoms with van der Waals surface area (Å²) in [4.78, 5) is 7.73. The van der Waals surface area contributed by atoms with Gasteiger partial charge in [0.05, 0.1) is 0 Å². The minimum absolute atomic E-state index is 0.0197. The molecule has 58 valence electrons. The van der Waals surface area contributed by atoms with Crippen molar-refractivity contribution in [1.29, 1.82) is 0 Å². The molecule has 0 aliphatic rings. The summed E-state index contributed by atoms with van der Waals surface area (Å²) in [6.45, 7) is 3.61. The van der Waals surface area contributed by atoms with E-state index in [2.05, 4.69) is 16.5 Å². The first-order valence-corrected chi connectivity index (χ1v) is 3.46. The standard InChI is InChI=1S/C8H11N3/c1-2-3-8(9)7-4-10-6-11-5-7/h2,4-6,8H,1,3,9H2/t8-/m1/s1. The molecule has 1 heterocycles. The summed E-state index contributed by atoms with van der Waals surface area (Å²) in [7, 11) is 0. The first kappa shape index (κ1) is 7.88. The molecular weight excluding hydrogens is 138 g/mol. The molecule has 0 unspecified atom stereocenters. The average molecular weight is 149 g/mol. The van der Waals surface area contributed by atoms with Gasteiger partial charge in [-0.3, -0.25) is 0 Å². The lowest BCUT2D eigenvalue weighted by molar-refractivity contribution is 0.731. The van der Waals surface area contributed by atoms with Crippen molar-refractivity contribution in [2.24, 2.45) is 5.73 Å². The fraction of sp³-hybridized carbons (Fsp3) is 0.250. The van der Waals surface area contributed by atoms with Crippen LogP contribution in [-0.4, -0.2) is 9.97 Å². The van der Waals surface area contributed by atoms with Crippen molar-refractivity contribution < 1.29 is 0 Å². The molecule has 1 rings (SSSR count). The van der Waals surface area contributed by atoms with Crippen molar-refractivity contribution >= 4 is 0 Å². The van der Waals surface area contributed by atoms with Gasteiger partial charge >= 0.3 is 0 Å². The smallest absolute Gasteiger partial charge is 0.115 e. The summed E-state index contributed by atoms with van der Waals surface area (Å²) in [5, 5.41) is 0. The average Bonchev–Trinajstić information content (AvgIpc) is 2.07. The number of rotatable bonds is 3. The summed E-state index contributed by atoms with van der Waals surface area (Å²) in [5.41, 5.74) is 6.71. The highest BCUT2D eigenvalue weighted by Gasteiger charge is 2.02. The molecule has 0 spiro atoms. The van der Waals surface area contributed by atoms with Gasteiger partial charge in [0, 0.05) is 24.0 Å². The SMILES string of the molecule is C=CC[C@@H](N)c1cncnc1. The van der Waals surface area contributed by atoms with Crippen molar-refractivity contribution in [3.63, 3.8) is 0 Å². The third kappa shape index (κ3) is 2.13. The maximum absolute atomic E-state index is 5.75. The molecule has 0 saturated heterocycles. The molecule has 0 aromatic carbocycles. The van der Waals surface area contributed by atoms with E-state index in [4.69, 9.17) is 5.73 Å². The molecule has 0 aliphatic heterocycles. The second-order valence-corrected chi connectivity index (χ2v) is 2.30. The van der Waals surface area contributed by atoms with E-state index in [-0.39, 0.29) is 6.04 Å². The Morgan fingerprint density at radius 3 is 2.73 bits per heavy atom. The lowest BCUT2D eigenvalue weighted by Gasteiger charge is -2.06. The number of hydrogen-bond acceptors (Lipinski definition) is 3. The highest BCUT2D eigenvalue weighted by molar-refractivity contribution is 5.09. The van der Waals surface area contributed by atoms with Crippen molar-refractivity contribution in [2.75, 3.05) is 0 Å². The van der Waals surface area contributed by atoms with Gasteiger partial charge < -0.3 is 5.73 Å². The second-order valence-electron chi connectivity index (χ2n) is 2.30. The van der Waals surface area contributed by atoms with E-state index in [1.807, 2.05) is 0 Å². The van der Waals surface area contributed by atoms with Crippen LogP contribution >= 0.6 is 0 Å². The van der Waals surface area contributed by atoms with Gasteiger partial charge in [0.25, 0.3) is 0 Å². The third-order valence-corrected chi connectivity index (χ3v) is 1.43. The molecule has 1 aromatic heterocycles. The van der Waals surface area contributed by atoms with Gasteiger partial charge in [0.2, 0.25) is 0 Å². The molecule has 2 N–H and O–H groups in total. The van der Waals surface area contributed by atoms with Gasteiger partial charge in [-0.05, 0) is 6.42 Å². The predicted octanol–water partition coefficient (Wildman–Crippen LogP) is 1.05. The van der Waals surface area contributed by atoms with Gasteiger partial charge in [0.15, 0.2) is 0 Å². The van der Waals surface area contributed by atoms with Gasteiger partial charge in [0.1, 0.15) is 6.33 Å². The number of aromatic nitrogens is 2. The van der Waals surface area contributed by atoms with Crippen LogP contribution in [0.3, 0.4) is 0 Å². The first-order valence-electron chi connectivity index (χ1n) is 3.46. The van der Waals surface area contributed by atoms with Gasteiger partial charge in [-0.2, -0.15) is 0 Å². The van der Waals surface area contributed by atoms with E-state index in [9.17, 15) is 0 Å². The zero-order valence-corrected chi connectivity index (χ0v) is 6.27. The normalized spacial score (nSPS) is 12.5. The summed E-state index contributed by atoms with van der Waals surface area (Å²) in [6.07, 6.45) is 7.48. The highest BCUT2D eigenvalue weighted by atomic mass is 14.8. The van der Waals surface area contributed by atoms with Crippen LogP contribution in [0.15, 0.2) is 31.4 Å². The van der Waals surface area contributed by atoms with Gasteiger partial charge in [-0.1, -0.05) is 6.08 Å². The Morgan fingerprint density at radius 2 is 2.18 bits per heavy atom. The molecule has 3 nitrogen and oxygen atoms in total. The van der Waals surface area contributed by atoms with Crippen molar-refractivity contribution in [2.45, 2.75) is 12.5 Å². The van der Waals surface area contributed by atoms with Crippen LogP contribution in [0, 0.1) is 0 Å². The Bertz CT molecular complexity index is 220. The number of nitrogens with two attached hydrogens (primary N) is 1. The Balaban J connectivity index is 2.68. The molecule has 11 heavy (non-hydrogen) atoms. The maximum atomic E-state index is 5.75. The lowest BCUT2D eigenvalue weighted by Crippen LogP contribution is -2.09. The van der Waals surface area contributed by atoms with Crippen LogP contribution < -0.4 is 5.73 Å². The van der Waals surface area contributed by atoms with E-state index in [1.165, 1.54) is 6.33 Å². The minimum Gasteiger partial charge on any atom is -0.324 e. The van der Waals surface area contributed by atoms with Crippen LogP contribution in [0.25, 0.3) is 0 Å². The quantitative estimate of drug-likeness (QED) is 0.653. The van der Waals surface area contributed by atoms with Crippen molar-refractivity contribution in [1.82, 2.24) is 9.97 Å². The molecule has 0 aliphatic carbocycles. The molecule has 0 fully saturated rings. The van der Waals surface area contributed by atoms with E-state index < -0.39 is 0 Å². The van der Waals surface area contributed by atoms with Crippen LogP contribution in [0.5, 0.6) is 0 Å². The van der Waals surface area contributed by atoms with Gasteiger partial charge in [-0.25, -0.2) is 9.97 Å². The first-order chi connectivity index (χ1) is 5.34. The Kier molecular flexibility index (Phi) is 2.74. The zero-order valence-electron chi connectivity index (χ0n) is 6.27. The summed E-state index contributed by atoms with van der Waals surface area (Å²) >= 11 is 0. The fourth-order valence-electron chi connectivity index (χ4n) is 0.818. The lowest BCUT2D eigenvalue weighted by atomic mass is 10.1. The van der Waals surface area contributed by atoms with Gasteiger partial charge in [-0.15, -0.1) is 6.58 Å². The second kappa shape index (κ2) is 3.83. The van der Waals surface area contributed by atoms with Crippen LogP contribution in [0.4, 0.5) is 0 Å². The van der Waals surface area contributed by atoms with Crippen molar-refractivity contribution in [3.8, 4) is 0 Å². The molecule has 0 bridgehead atoms. The third-order valence-electron chi connectivity index (χ3n) is 1.43. The molecule has 1 aromatic rings. The molecular formula is C8H11N3. The Morgan fingerprint density at radius 1 is 1.55 bits per heavy atom. The van der Waals surface area contributed by atoms with Crippen LogP contribution in [0.1, 0.15) is 18.0 Å². The summed E-state index contributed by atoms with van der Waals surface area (Å²) in [5.74, 6) is 0. The minimum atomic E-state index is -0.0197.